The van der Waals surface area contributed by atoms with Crippen molar-refractivity contribution in [2.45, 2.75) is 12.5 Å². The molecular formula is C17H16FNOS. The Bertz CT molecular complexity index is 723. The fourth-order valence-electron chi connectivity index (χ4n) is 2.28. The number of nitrogen functional groups attached to an aromatic ring is 1. The zero-order valence-corrected chi connectivity index (χ0v) is 12.3. The van der Waals surface area contributed by atoms with E-state index in [1.54, 1.807) is 11.3 Å². The molecule has 2 aromatic carbocycles. The predicted molar refractivity (Wildman–Crippen MR) is 86.6 cm³/mol. The summed E-state index contributed by atoms with van der Waals surface area (Å²) in [7, 11) is 0. The lowest BCUT2D eigenvalue weighted by molar-refractivity contribution is 0.182. The fourth-order valence-corrected chi connectivity index (χ4v) is 3.09. The summed E-state index contributed by atoms with van der Waals surface area (Å²) < 4.78 is 20.0. The number of anilines is 1. The SMILES string of the molecule is Nc1ccc(C(CCF)Oc2ccc3ccsc3c2)cc1. The molecule has 3 aromatic rings. The molecule has 0 amide bonds. The lowest BCUT2D eigenvalue weighted by atomic mass is 10.1. The number of rotatable bonds is 5. The van der Waals surface area contributed by atoms with E-state index in [0.717, 1.165) is 11.3 Å². The maximum absolute atomic E-state index is 12.8. The standard InChI is InChI=1S/C17H16FNOS/c18-9-7-16(12-1-4-14(19)5-2-12)20-15-6-3-13-8-10-21-17(13)11-15/h1-6,8,10-11,16H,7,9,19H2. The number of alkyl halides is 1. The molecule has 2 nitrogen and oxygen atoms in total. The van der Waals surface area contributed by atoms with Gasteiger partial charge in [0.25, 0.3) is 0 Å². The van der Waals surface area contributed by atoms with E-state index in [-0.39, 0.29) is 6.10 Å². The second-order valence-corrected chi connectivity index (χ2v) is 5.82. The van der Waals surface area contributed by atoms with Crippen LogP contribution >= 0.6 is 11.3 Å². The van der Waals surface area contributed by atoms with Crippen molar-refractivity contribution in [3.05, 3.63) is 59.5 Å². The van der Waals surface area contributed by atoms with E-state index >= 15 is 0 Å². The van der Waals surface area contributed by atoms with Gasteiger partial charge in [0.2, 0.25) is 0 Å². The van der Waals surface area contributed by atoms with Crippen LogP contribution in [0.2, 0.25) is 0 Å². The number of benzene rings is 2. The average Bonchev–Trinajstić information content (AvgIpc) is 2.95. The molecule has 0 radical (unpaired) electrons. The molecule has 108 valence electrons. The van der Waals surface area contributed by atoms with E-state index in [1.165, 1.54) is 10.1 Å². The van der Waals surface area contributed by atoms with Crippen LogP contribution in [0.5, 0.6) is 5.75 Å². The van der Waals surface area contributed by atoms with E-state index < -0.39 is 6.67 Å². The van der Waals surface area contributed by atoms with E-state index in [2.05, 4.69) is 6.07 Å². The third-order valence-electron chi connectivity index (χ3n) is 3.39. The second-order valence-electron chi connectivity index (χ2n) is 4.87. The molecule has 0 saturated heterocycles. The molecular weight excluding hydrogens is 285 g/mol. The van der Waals surface area contributed by atoms with Crippen molar-refractivity contribution in [3.8, 4) is 5.75 Å². The summed E-state index contributed by atoms with van der Waals surface area (Å²) >= 11 is 1.67. The lowest BCUT2D eigenvalue weighted by Crippen LogP contribution is -2.08. The Hall–Kier alpha value is -2.07. The summed E-state index contributed by atoms with van der Waals surface area (Å²) in [5.74, 6) is 0.764. The Morgan fingerprint density at radius 2 is 1.90 bits per heavy atom. The van der Waals surface area contributed by atoms with Crippen molar-refractivity contribution < 1.29 is 9.13 Å². The highest BCUT2D eigenvalue weighted by molar-refractivity contribution is 7.17. The highest BCUT2D eigenvalue weighted by atomic mass is 32.1. The molecule has 0 spiro atoms. The maximum atomic E-state index is 12.8. The lowest BCUT2D eigenvalue weighted by Gasteiger charge is -2.18. The molecule has 21 heavy (non-hydrogen) atoms. The minimum atomic E-state index is -0.420. The van der Waals surface area contributed by atoms with Crippen LogP contribution in [0.3, 0.4) is 0 Å². The fraction of sp³-hybridized carbons (Fsp3) is 0.176. The van der Waals surface area contributed by atoms with Gasteiger partial charge in [-0.1, -0.05) is 12.1 Å². The number of hydrogen-bond acceptors (Lipinski definition) is 3. The summed E-state index contributed by atoms with van der Waals surface area (Å²) in [4.78, 5) is 0. The van der Waals surface area contributed by atoms with Gasteiger partial charge in [0.15, 0.2) is 0 Å². The summed E-state index contributed by atoms with van der Waals surface area (Å²) in [5.41, 5.74) is 7.32. The van der Waals surface area contributed by atoms with Gasteiger partial charge in [-0.25, -0.2) is 0 Å². The van der Waals surface area contributed by atoms with Crippen molar-refractivity contribution >= 4 is 27.1 Å². The van der Waals surface area contributed by atoms with Crippen molar-refractivity contribution in [1.82, 2.24) is 0 Å². The van der Waals surface area contributed by atoms with Crippen molar-refractivity contribution in [2.24, 2.45) is 0 Å². The molecule has 1 aromatic heterocycles. The first-order chi connectivity index (χ1) is 10.3. The molecule has 1 atom stereocenters. The Balaban J connectivity index is 1.85. The van der Waals surface area contributed by atoms with Crippen molar-refractivity contribution in [1.29, 1.82) is 0 Å². The molecule has 2 N–H and O–H groups in total. The molecule has 3 rings (SSSR count). The normalized spacial score (nSPS) is 12.4. The van der Waals surface area contributed by atoms with E-state index in [4.69, 9.17) is 10.5 Å². The first kappa shape index (κ1) is 13.9. The largest absolute Gasteiger partial charge is 0.486 e. The van der Waals surface area contributed by atoms with Crippen LogP contribution in [0.25, 0.3) is 10.1 Å². The van der Waals surface area contributed by atoms with Crippen molar-refractivity contribution in [2.75, 3.05) is 12.4 Å². The molecule has 0 aliphatic carbocycles. The predicted octanol–water partition coefficient (Wildman–Crippen LogP) is 4.96. The molecule has 0 fully saturated rings. The highest BCUT2D eigenvalue weighted by Crippen LogP contribution is 2.30. The van der Waals surface area contributed by atoms with Gasteiger partial charge >= 0.3 is 0 Å². The third-order valence-corrected chi connectivity index (χ3v) is 4.27. The molecule has 4 heteroatoms. The van der Waals surface area contributed by atoms with Gasteiger partial charge in [-0.15, -0.1) is 11.3 Å². The monoisotopic (exact) mass is 301 g/mol. The second kappa shape index (κ2) is 6.14. The Labute approximate surface area is 127 Å². The molecule has 1 heterocycles. The Morgan fingerprint density at radius 3 is 2.67 bits per heavy atom. The van der Waals surface area contributed by atoms with Crippen LogP contribution < -0.4 is 10.5 Å². The summed E-state index contributed by atoms with van der Waals surface area (Å²) in [6.45, 7) is -0.420. The van der Waals surface area contributed by atoms with E-state index in [1.807, 2.05) is 47.8 Å². The highest BCUT2D eigenvalue weighted by Gasteiger charge is 2.13. The number of thiophene rings is 1. The number of fused-ring (bicyclic) bond motifs is 1. The zero-order valence-electron chi connectivity index (χ0n) is 11.5. The average molecular weight is 301 g/mol. The van der Waals surface area contributed by atoms with Crippen LogP contribution in [-0.4, -0.2) is 6.67 Å². The van der Waals surface area contributed by atoms with Crippen LogP contribution in [0.1, 0.15) is 18.1 Å². The molecule has 1 unspecified atom stereocenters. The molecule has 0 saturated carbocycles. The minimum Gasteiger partial charge on any atom is -0.486 e. The summed E-state index contributed by atoms with van der Waals surface area (Å²) in [6.07, 6.45) is 0.0277. The van der Waals surface area contributed by atoms with E-state index in [9.17, 15) is 4.39 Å². The van der Waals surface area contributed by atoms with Crippen molar-refractivity contribution in [3.63, 3.8) is 0 Å². The van der Waals surface area contributed by atoms with Crippen LogP contribution in [0.4, 0.5) is 10.1 Å². The minimum absolute atomic E-state index is 0.298. The van der Waals surface area contributed by atoms with E-state index in [0.29, 0.717) is 12.1 Å². The number of halogens is 1. The summed E-state index contributed by atoms with van der Waals surface area (Å²) in [6, 6.07) is 15.4. The molecule has 0 aliphatic rings. The first-order valence-corrected chi connectivity index (χ1v) is 7.69. The van der Waals surface area contributed by atoms with Crippen LogP contribution in [0.15, 0.2) is 53.9 Å². The topological polar surface area (TPSA) is 35.2 Å². The Kier molecular flexibility index (Phi) is 4.06. The first-order valence-electron chi connectivity index (χ1n) is 6.81. The van der Waals surface area contributed by atoms with Gasteiger partial charge in [0.05, 0.1) is 6.67 Å². The number of hydrogen-bond donors (Lipinski definition) is 1. The van der Waals surface area contributed by atoms with Gasteiger partial charge in [0, 0.05) is 16.8 Å². The van der Waals surface area contributed by atoms with Gasteiger partial charge < -0.3 is 10.5 Å². The molecule has 0 aliphatic heterocycles. The molecule has 0 bridgehead atoms. The van der Waals surface area contributed by atoms with Crippen LogP contribution in [-0.2, 0) is 0 Å². The number of ether oxygens (including phenoxy) is 1. The van der Waals surface area contributed by atoms with Crippen LogP contribution in [0, 0.1) is 0 Å². The Morgan fingerprint density at radius 1 is 1.10 bits per heavy atom. The van der Waals surface area contributed by atoms with Gasteiger partial charge in [-0.3, -0.25) is 4.39 Å². The van der Waals surface area contributed by atoms with Gasteiger partial charge in [-0.05, 0) is 52.7 Å². The smallest absolute Gasteiger partial charge is 0.126 e. The third kappa shape index (κ3) is 3.16. The quantitative estimate of drug-likeness (QED) is 0.676. The number of nitrogens with two attached hydrogens (primary N) is 1. The maximum Gasteiger partial charge on any atom is 0.126 e. The van der Waals surface area contributed by atoms with Gasteiger partial charge in [-0.2, -0.15) is 0 Å². The van der Waals surface area contributed by atoms with Gasteiger partial charge in [0.1, 0.15) is 11.9 Å². The summed E-state index contributed by atoms with van der Waals surface area (Å²) in [5, 5.41) is 3.25. The zero-order chi connectivity index (χ0) is 14.7.